The lowest BCUT2D eigenvalue weighted by molar-refractivity contribution is 0.311. The van der Waals surface area contributed by atoms with Gasteiger partial charge in [0.15, 0.2) is 5.96 Å². The second-order valence-corrected chi connectivity index (χ2v) is 6.18. The van der Waals surface area contributed by atoms with Crippen LogP contribution in [0.3, 0.4) is 0 Å². The summed E-state index contributed by atoms with van der Waals surface area (Å²) >= 11 is 0. The van der Waals surface area contributed by atoms with Crippen LogP contribution >= 0.6 is 0 Å². The number of aryl methyl sites for hydroxylation is 1. The van der Waals surface area contributed by atoms with Gasteiger partial charge in [-0.1, -0.05) is 18.2 Å². The lowest BCUT2D eigenvalue weighted by Crippen LogP contribution is -2.38. The summed E-state index contributed by atoms with van der Waals surface area (Å²) in [7, 11) is 1.69. The van der Waals surface area contributed by atoms with E-state index in [2.05, 4.69) is 20.6 Å². The fourth-order valence-electron chi connectivity index (χ4n) is 2.71. The number of hydrogen-bond acceptors (Lipinski definition) is 4. The van der Waals surface area contributed by atoms with Gasteiger partial charge in [0.05, 0.1) is 26.0 Å². The Hall–Kier alpha value is -2.76. The molecule has 0 unspecified atom stereocenters. The van der Waals surface area contributed by atoms with E-state index in [0.717, 1.165) is 53.8 Å². The number of ether oxygens (including phenoxy) is 2. The Morgan fingerprint density at radius 3 is 2.63 bits per heavy atom. The molecule has 6 heteroatoms. The highest BCUT2D eigenvalue weighted by atomic mass is 16.5. The van der Waals surface area contributed by atoms with Gasteiger partial charge in [-0.25, -0.2) is 4.99 Å². The first-order chi connectivity index (χ1) is 13.2. The van der Waals surface area contributed by atoms with Crippen LogP contribution in [-0.2, 0) is 6.54 Å². The number of aromatic nitrogens is 1. The fourth-order valence-corrected chi connectivity index (χ4v) is 2.71. The summed E-state index contributed by atoms with van der Waals surface area (Å²) in [6, 6.07) is 9.85. The van der Waals surface area contributed by atoms with Crippen LogP contribution in [0.15, 0.2) is 41.5 Å². The Morgan fingerprint density at radius 2 is 1.93 bits per heavy atom. The van der Waals surface area contributed by atoms with Crippen molar-refractivity contribution in [3.63, 3.8) is 0 Å². The zero-order valence-corrected chi connectivity index (χ0v) is 16.7. The largest absolute Gasteiger partial charge is 0.496 e. The van der Waals surface area contributed by atoms with Crippen molar-refractivity contribution >= 4 is 5.96 Å². The lowest BCUT2D eigenvalue weighted by Gasteiger charge is -2.13. The Bertz CT molecular complexity index is 732. The predicted octanol–water partition coefficient (Wildman–Crippen LogP) is 3.23. The van der Waals surface area contributed by atoms with Gasteiger partial charge in [0.1, 0.15) is 11.5 Å². The molecule has 1 aromatic heterocycles. The number of methoxy groups -OCH3 is 1. The van der Waals surface area contributed by atoms with E-state index in [1.165, 1.54) is 0 Å². The third-order valence-electron chi connectivity index (χ3n) is 4.11. The number of nitrogens with zero attached hydrogens (tertiary/aromatic N) is 2. The maximum Gasteiger partial charge on any atom is 0.191 e. The van der Waals surface area contributed by atoms with Gasteiger partial charge in [-0.3, -0.25) is 4.98 Å². The van der Waals surface area contributed by atoms with E-state index >= 15 is 0 Å². The molecular weight excluding hydrogens is 340 g/mol. The Balaban J connectivity index is 1.85. The Kier molecular flexibility index (Phi) is 8.42. The van der Waals surface area contributed by atoms with Gasteiger partial charge >= 0.3 is 0 Å². The van der Waals surface area contributed by atoms with Crippen LogP contribution in [0.2, 0.25) is 0 Å². The van der Waals surface area contributed by atoms with Gasteiger partial charge < -0.3 is 20.1 Å². The average Bonchev–Trinajstić information content (AvgIpc) is 2.68. The third kappa shape index (κ3) is 6.47. The molecule has 0 spiro atoms. The number of benzene rings is 1. The second kappa shape index (κ2) is 11.1. The molecule has 0 radical (unpaired) electrons. The number of rotatable bonds is 9. The van der Waals surface area contributed by atoms with Gasteiger partial charge in [-0.2, -0.15) is 0 Å². The van der Waals surface area contributed by atoms with Crippen molar-refractivity contribution in [3.8, 4) is 11.5 Å². The van der Waals surface area contributed by atoms with Crippen LogP contribution in [0.1, 0.15) is 30.2 Å². The molecule has 0 amide bonds. The normalized spacial score (nSPS) is 11.2. The molecule has 0 aliphatic heterocycles. The minimum Gasteiger partial charge on any atom is -0.496 e. The molecule has 6 nitrogen and oxygen atoms in total. The number of hydrogen-bond donors (Lipinski definition) is 2. The van der Waals surface area contributed by atoms with E-state index in [-0.39, 0.29) is 0 Å². The van der Waals surface area contributed by atoms with Gasteiger partial charge in [-0.05, 0) is 39.3 Å². The van der Waals surface area contributed by atoms with E-state index in [1.54, 1.807) is 7.11 Å². The van der Waals surface area contributed by atoms with Crippen molar-refractivity contribution in [2.45, 2.75) is 33.7 Å². The topological polar surface area (TPSA) is 67.8 Å². The first-order valence-corrected chi connectivity index (χ1v) is 9.34. The van der Waals surface area contributed by atoms with Crippen molar-refractivity contribution in [3.05, 3.63) is 53.3 Å². The Labute approximate surface area is 162 Å². The highest BCUT2D eigenvalue weighted by Gasteiger charge is 2.09. The van der Waals surface area contributed by atoms with Crippen molar-refractivity contribution in [1.29, 1.82) is 0 Å². The molecule has 1 aromatic carbocycles. The molecule has 27 heavy (non-hydrogen) atoms. The molecular formula is C21H30N4O2. The fraction of sp³-hybridized carbons (Fsp3) is 0.429. The summed E-state index contributed by atoms with van der Waals surface area (Å²) in [6.45, 7) is 8.80. The van der Waals surface area contributed by atoms with Crippen molar-refractivity contribution < 1.29 is 9.47 Å². The van der Waals surface area contributed by atoms with Crippen LogP contribution in [0, 0.1) is 13.8 Å². The second-order valence-electron chi connectivity index (χ2n) is 6.18. The maximum atomic E-state index is 5.71. The van der Waals surface area contributed by atoms with E-state index < -0.39 is 0 Å². The molecule has 0 fully saturated rings. The van der Waals surface area contributed by atoms with E-state index in [1.807, 2.05) is 57.3 Å². The summed E-state index contributed by atoms with van der Waals surface area (Å²) in [5.74, 6) is 2.55. The minimum atomic E-state index is 0.498. The number of guanidine groups is 1. The minimum absolute atomic E-state index is 0.498. The molecule has 0 bridgehead atoms. The zero-order valence-electron chi connectivity index (χ0n) is 16.7. The Morgan fingerprint density at radius 1 is 1.15 bits per heavy atom. The third-order valence-corrected chi connectivity index (χ3v) is 4.11. The monoisotopic (exact) mass is 370 g/mol. The van der Waals surface area contributed by atoms with Crippen molar-refractivity contribution in [1.82, 2.24) is 15.6 Å². The van der Waals surface area contributed by atoms with Crippen LogP contribution < -0.4 is 20.1 Å². The quantitative estimate of drug-likeness (QED) is 0.403. The molecule has 2 aromatic rings. The van der Waals surface area contributed by atoms with E-state index in [0.29, 0.717) is 13.2 Å². The van der Waals surface area contributed by atoms with Gasteiger partial charge in [-0.15, -0.1) is 0 Å². The van der Waals surface area contributed by atoms with Crippen LogP contribution in [0.25, 0.3) is 0 Å². The molecule has 0 saturated carbocycles. The highest BCUT2D eigenvalue weighted by Crippen LogP contribution is 2.24. The highest BCUT2D eigenvalue weighted by molar-refractivity contribution is 5.79. The number of nitrogens with one attached hydrogen (secondary N) is 2. The van der Waals surface area contributed by atoms with Crippen LogP contribution in [0.4, 0.5) is 0 Å². The molecule has 2 rings (SSSR count). The zero-order chi connectivity index (χ0) is 19.5. The number of pyridine rings is 1. The average molecular weight is 370 g/mol. The van der Waals surface area contributed by atoms with Crippen molar-refractivity contribution in [2.75, 3.05) is 26.8 Å². The lowest BCUT2D eigenvalue weighted by atomic mass is 10.1. The summed E-state index contributed by atoms with van der Waals surface area (Å²) in [5.41, 5.74) is 2.99. The van der Waals surface area contributed by atoms with Gasteiger partial charge in [0.25, 0.3) is 0 Å². The molecule has 0 aliphatic carbocycles. The van der Waals surface area contributed by atoms with E-state index in [4.69, 9.17) is 9.47 Å². The first-order valence-electron chi connectivity index (χ1n) is 9.34. The standard InChI is InChI=1S/C21H30N4O2/c1-5-22-21(23-12-9-13-27-18-10-7-6-8-11-18)25-15-19-17(3)20(26-4)16(2)14-24-19/h6-8,10-11,14H,5,9,12-13,15H2,1-4H3,(H2,22,23,25). The summed E-state index contributed by atoms with van der Waals surface area (Å²) in [6.07, 6.45) is 2.72. The smallest absolute Gasteiger partial charge is 0.191 e. The summed E-state index contributed by atoms with van der Waals surface area (Å²) < 4.78 is 11.2. The maximum absolute atomic E-state index is 5.71. The van der Waals surface area contributed by atoms with E-state index in [9.17, 15) is 0 Å². The van der Waals surface area contributed by atoms with Crippen LogP contribution in [-0.4, -0.2) is 37.7 Å². The van der Waals surface area contributed by atoms with Gasteiger partial charge in [0, 0.05) is 30.4 Å². The molecule has 146 valence electrons. The molecule has 1 heterocycles. The molecule has 0 saturated heterocycles. The van der Waals surface area contributed by atoms with Crippen LogP contribution in [0.5, 0.6) is 11.5 Å². The predicted molar refractivity (Wildman–Crippen MR) is 110 cm³/mol. The van der Waals surface area contributed by atoms with Gasteiger partial charge in [0.2, 0.25) is 0 Å². The molecule has 0 aliphatic rings. The number of aliphatic imine (C=N–C) groups is 1. The SMILES string of the molecule is CCNC(=NCc1ncc(C)c(OC)c1C)NCCCOc1ccccc1. The van der Waals surface area contributed by atoms with Crippen molar-refractivity contribution in [2.24, 2.45) is 4.99 Å². The summed E-state index contributed by atoms with van der Waals surface area (Å²) in [5, 5.41) is 6.60. The number of para-hydroxylation sites is 1. The first kappa shape index (κ1) is 20.6. The summed E-state index contributed by atoms with van der Waals surface area (Å²) in [4.78, 5) is 9.14. The molecule has 0 atom stereocenters. The molecule has 2 N–H and O–H groups in total.